The van der Waals surface area contributed by atoms with E-state index in [1.54, 1.807) is 28.8 Å². The topological polar surface area (TPSA) is 128 Å². The molecule has 0 bridgehead atoms. The second-order valence-electron chi connectivity index (χ2n) is 11.0. The van der Waals surface area contributed by atoms with Crippen LogP contribution in [0.2, 0.25) is 0 Å². The predicted molar refractivity (Wildman–Crippen MR) is 159 cm³/mol. The van der Waals surface area contributed by atoms with Crippen molar-refractivity contribution in [2.45, 2.75) is 53.9 Å². The summed E-state index contributed by atoms with van der Waals surface area (Å²) >= 11 is 0. The second kappa shape index (κ2) is 12.8. The van der Waals surface area contributed by atoms with E-state index >= 15 is 0 Å². The molecule has 0 fully saturated rings. The Balaban J connectivity index is 0.000000264. The van der Waals surface area contributed by atoms with Crippen LogP contribution in [0.5, 0.6) is 0 Å². The maximum Gasteiger partial charge on any atom is 0.417 e. The number of carbonyl (C=O) groups is 2. The van der Waals surface area contributed by atoms with Crippen molar-refractivity contribution in [1.82, 2.24) is 4.57 Å². The molecule has 252 valence electrons. The molecule has 1 N–H and O–H groups in total. The molecule has 16 heteroatoms. The maximum absolute atomic E-state index is 13.8. The van der Waals surface area contributed by atoms with E-state index in [0.717, 1.165) is 30.3 Å². The number of carbonyl (C=O) groups excluding carboxylic acids is 1. The molecule has 5 rings (SSSR count). The number of aldehydes is 1. The number of carboxylic acid groups (broad SMARTS) is 1. The minimum atomic E-state index is -4.75. The van der Waals surface area contributed by atoms with Crippen molar-refractivity contribution >= 4 is 42.8 Å². The van der Waals surface area contributed by atoms with Gasteiger partial charge in [-0.05, 0) is 66.8 Å². The van der Waals surface area contributed by atoms with Crippen LogP contribution in [0.4, 0.5) is 26.3 Å². The summed E-state index contributed by atoms with van der Waals surface area (Å²) in [5.74, 6) is -0.971. The number of fused-ring (bicyclic) bond motifs is 3. The van der Waals surface area contributed by atoms with Crippen molar-refractivity contribution in [2.24, 2.45) is 0 Å². The van der Waals surface area contributed by atoms with Gasteiger partial charge in [0.1, 0.15) is 6.04 Å². The molecular formula is C31H27F6NO7S2. The van der Waals surface area contributed by atoms with Crippen molar-refractivity contribution in [2.75, 3.05) is 12.5 Å². The standard InChI is InChI=1S/C22H20F3NO4S.C9H7F3O3S/c1-31(29,30)14-10-9-13(17(12-14)22(23,24)25)11-16-15-5-2-3-6-18(15)26-19(16)7-4-8-20(26)21(27)28;1-16(14,15)7-3-2-6(5-13)8(4-7)9(10,11)12/h2-3,5-6,9-10,12,20H,4,7-8,11H2,1H3,(H,27,28);2-5H,1H3. The van der Waals surface area contributed by atoms with E-state index in [4.69, 9.17) is 0 Å². The zero-order valence-corrected chi connectivity index (χ0v) is 26.3. The van der Waals surface area contributed by atoms with Gasteiger partial charge in [-0.25, -0.2) is 21.6 Å². The van der Waals surface area contributed by atoms with Crippen LogP contribution in [0.1, 0.15) is 57.2 Å². The number of halogens is 6. The average Bonchev–Trinajstić information content (AvgIpc) is 3.28. The molecule has 0 saturated heterocycles. The van der Waals surface area contributed by atoms with Gasteiger partial charge in [0.15, 0.2) is 26.0 Å². The van der Waals surface area contributed by atoms with Crippen LogP contribution in [-0.2, 0) is 49.7 Å². The van der Waals surface area contributed by atoms with E-state index < -0.39 is 70.5 Å². The number of aromatic nitrogens is 1. The van der Waals surface area contributed by atoms with Crippen molar-refractivity contribution < 1.29 is 57.9 Å². The monoisotopic (exact) mass is 703 g/mol. The van der Waals surface area contributed by atoms with Gasteiger partial charge >= 0.3 is 18.3 Å². The van der Waals surface area contributed by atoms with Gasteiger partial charge in [0.2, 0.25) is 0 Å². The van der Waals surface area contributed by atoms with Gasteiger partial charge in [-0.3, -0.25) is 4.79 Å². The number of sulfone groups is 2. The summed E-state index contributed by atoms with van der Waals surface area (Å²) in [6.45, 7) is 0. The molecule has 0 saturated carbocycles. The fourth-order valence-electron chi connectivity index (χ4n) is 5.54. The number of carboxylic acids is 1. The van der Waals surface area contributed by atoms with E-state index in [1.165, 1.54) is 12.1 Å². The summed E-state index contributed by atoms with van der Waals surface area (Å²) in [4.78, 5) is 21.3. The van der Waals surface area contributed by atoms with Crippen molar-refractivity contribution in [3.8, 4) is 0 Å². The van der Waals surface area contributed by atoms with Crippen LogP contribution in [0.25, 0.3) is 10.9 Å². The molecule has 1 atom stereocenters. The number of hydrogen-bond acceptors (Lipinski definition) is 6. The largest absolute Gasteiger partial charge is 0.480 e. The summed E-state index contributed by atoms with van der Waals surface area (Å²) in [5, 5.41) is 10.4. The zero-order chi connectivity index (χ0) is 35.1. The van der Waals surface area contributed by atoms with Crippen molar-refractivity contribution in [1.29, 1.82) is 0 Å². The van der Waals surface area contributed by atoms with E-state index in [0.29, 0.717) is 47.9 Å². The smallest absolute Gasteiger partial charge is 0.417 e. The fraction of sp³-hybridized carbons (Fsp3) is 0.290. The molecule has 3 aromatic carbocycles. The van der Waals surface area contributed by atoms with Gasteiger partial charge in [0, 0.05) is 41.1 Å². The zero-order valence-electron chi connectivity index (χ0n) is 24.7. The lowest BCUT2D eigenvalue weighted by Gasteiger charge is -2.24. The van der Waals surface area contributed by atoms with Gasteiger partial charge in [-0.15, -0.1) is 0 Å². The molecule has 1 aliphatic rings. The molecule has 0 radical (unpaired) electrons. The molecule has 47 heavy (non-hydrogen) atoms. The molecular weight excluding hydrogens is 676 g/mol. The number of aliphatic carboxylic acids is 1. The molecule has 1 aliphatic heterocycles. The Morgan fingerprint density at radius 3 is 1.96 bits per heavy atom. The normalized spacial score (nSPS) is 15.4. The van der Waals surface area contributed by atoms with Gasteiger partial charge < -0.3 is 9.67 Å². The van der Waals surface area contributed by atoms with Crippen molar-refractivity contribution in [3.63, 3.8) is 0 Å². The highest BCUT2D eigenvalue weighted by Gasteiger charge is 2.36. The van der Waals surface area contributed by atoms with Crippen LogP contribution in [0.3, 0.4) is 0 Å². The van der Waals surface area contributed by atoms with Crippen LogP contribution in [0, 0.1) is 0 Å². The van der Waals surface area contributed by atoms with Gasteiger partial charge in [0.05, 0.1) is 20.9 Å². The first-order valence-electron chi connectivity index (χ1n) is 13.7. The van der Waals surface area contributed by atoms with Crippen LogP contribution in [0.15, 0.2) is 70.5 Å². The lowest BCUT2D eigenvalue weighted by atomic mass is 9.94. The fourth-order valence-corrected chi connectivity index (χ4v) is 6.84. The Bertz CT molecular complexity index is 2080. The number of para-hydroxylation sites is 1. The Morgan fingerprint density at radius 1 is 0.872 bits per heavy atom. The van der Waals surface area contributed by atoms with Gasteiger partial charge in [-0.1, -0.05) is 24.3 Å². The molecule has 0 aliphatic carbocycles. The van der Waals surface area contributed by atoms with E-state index in [-0.39, 0.29) is 18.3 Å². The number of benzene rings is 3. The minimum Gasteiger partial charge on any atom is -0.480 e. The molecule has 1 unspecified atom stereocenters. The van der Waals surface area contributed by atoms with Gasteiger partial charge in [0.25, 0.3) is 0 Å². The summed E-state index contributed by atoms with van der Waals surface area (Å²) in [6.07, 6.45) is -6.21. The lowest BCUT2D eigenvalue weighted by Crippen LogP contribution is -2.25. The highest BCUT2D eigenvalue weighted by Crippen LogP contribution is 2.40. The highest BCUT2D eigenvalue weighted by molar-refractivity contribution is 7.91. The molecule has 2 heterocycles. The number of alkyl halides is 6. The molecule has 0 spiro atoms. The Hall–Kier alpha value is -4.18. The first-order valence-corrected chi connectivity index (χ1v) is 17.5. The third-order valence-corrected chi connectivity index (χ3v) is 9.90. The van der Waals surface area contributed by atoms with Gasteiger partial charge in [-0.2, -0.15) is 26.3 Å². The number of nitrogens with zero attached hydrogens (tertiary/aromatic N) is 1. The van der Waals surface area contributed by atoms with E-state index in [1.807, 2.05) is 0 Å². The summed E-state index contributed by atoms with van der Waals surface area (Å²) in [6, 6.07) is 11.7. The quantitative estimate of drug-likeness (QED) is 0.179. The SMILES string of the molecule is CS(=O)(=O)c1ccc(C=O)c(C(F)(F)F)c1.CS(=O)(=O)c1ccc(Cc2c3n(c4ccccc24)C(C(=O)O)CCC3)c(C(F)(F)F)c1. The summed E-state index contributed by atoms with van der Waals surface area (Å²) in [5.41, 5.74) is -0.813. The first-order chi connectivity index (χ1) is 21.6. The Morgan fingerprint density at radius 2 is 1.43 bits per heavy atom. The Kier molecular flexibility index (Phi) is 9.70. The van der Waals surface area contributed by atoms with E-state index in [2.05, 4.69) is 0 Å². The Labute approximate surface area is 265 Å². The maximum atomic E-state index is 13.8. The van der Waals surface area contributed by atoms with Crippen molar-refractivity contribution in [3.05, 3.63) is 94.2 Å². The third-order valence-electron chi connectivity index (χ3n) is 7.68. The van der Waals surface area contributed by atoms with E-state index in [9.17, 15) is 57.9 Å². The summed E-state index contributed by atoms with van der Waals surface area (Å²) in [7, 11) is -7.53. The average molecular weight is 704 g/mol. The number of rotatable bonds is 6. The lowest BCUT2D eigenvalue weighted by molar-refractivity contribution is -0.141. The molecule has 1 aromatic heterocycles. The highest BCUT2D eigenvalue weighted by atomic mass is 32.2. The molecule has 0 amide bonds. The minimum absolute atomic E-state index is 0.0366. The molecule has 4 aromatic rings. The molecule has 8 nitrogen and oxygen atoms in total. The first kappa shape index (κ1) is 35.7. The third kappa shape index (κ3) is 7.70. The summed E-state index contributed by atoms with van der Waals surface area (Å²) < 4.78 is 126. The number of hydrogen-bond donors (Lipinski definition) is 1. The van der Waals surface area contributed by atoms with Crippen LogP contribution >= 0.6 is 0 Å². The second-order valence-corrected chi connectivity index (χ2v) is 15.0. The van der Waals surface area contributed by atoms with Crippen LogP contribution < -0.4 is 0 Å². The van der Waals surface area contributed by atoms with Crippen LogP contribution in [-0.4, -0.2) is 51.3 Å². The predicted octanol–water partition coefficient (Wildman–Crippen LogP) is 6.54.